The van der Waals surface area contributed by atoms with E-state index < -0.39 is 5.82 Å². The Morgan fingerprint density at radius 1 is 1.15 bits per heavy atom. The van der Waals surface area contributed by atoms with Crippen LogP contribution in [0.1, 0.15) is 18.1 Å². The molecule has 0 heterocycles. The molecule has 3 nitrogen and oxygen atoms in total. The molecular formula is C16H18FNO2. The van der Waals surface area contributed by atoms with E-state index >= 15 is 0 Å². The second kappa shape index (κ2) is 7.03. The first-order valence-corrected chi connectivity index (χ1v) is 6.60. The second-order valence-corrected chi connectivity index (χ2v) is 4.41. The minimum absolute atomic E-state index is 0.143. The maximum atomic E-state index is 14.0. The van der Waals surface area contributed by atoms with Crippen LogP contribution in [0.2, 0.25) is 0 Å². The maximum Gasteiger partial charge on any atom is 0.166 e. The second-order valence-electron chi connectivity index (χ2n) is 4.41. The molecule has 0 aliphatic carbocycles. The van der Waals surface area contributed by atoms with Gasteiger partial charge in [0.25, 0.3) is 0 Å². The molecule has 0 bridgehead atoms. The third-order valence-electron chi connectivity index (χ3n) is 2.94. The fourth-order valence-electron chi connectivity index (χ4n) is 1.86. The fraction of sp³-hybridized carbons (Fsp3) is 0.250. The number of ether oxygens (including phenoxy) is 1. The molecule has 0 amide bonds. The van der Waals surface area contributed by atoms with Gasteiger partial charge < -0.3 is 15.2 Å². The Labute approximate surface area is 118 Å². The molecule has 0 radical (unpaired) electrons. The van der Waals surface area contributed by atoms with E-state index in [1.165, 1.54) is 6.07 Å². The summed E-state index contributed by atoms with van der Waals surface area (Å²) >= 11 is 0. The average Bonchev–Trinajstić information content (AvgIpc) is 2.48. The summed E-state index contributed by atoms with van der Waals surface area (Å²) in [5, 5.41) is 12.4. The van der Waals surface area contributed by atoms with Crippen molar-refractivity contribution in [2.45, 2.75) is 20.1 Å². The van der Waals surface area contributed by atoms with Crippen LogP contribution >= 0.6 is 0 Å². The molecule has 4 heteroatoms. The highest BCUT2D eigenvalue weighted by Crippen LogP contribution is 2.28. The van der Waals surface area contributed by atoms with Crippen molar-refractivity contribution in [3.05, 3.63) is 59.4 Å². The summed E-state index contributed by atoms with van der Waals surface area (Å²) in [4.78, 5) is 0. The van der Waals surface area contributed by atoms with Crippen molar-refractivity contribution in [1.82, 2.24) is 5.32 Å². The maximum absolute atomic E-state index is 14.0. The topological polar surface area (TPSA) is 41.5 Å². The number of benzene rings is 2. The summed E-state index contributed by atoms with van der Waals surface area (Å²) in [5.41, 5.74) is 1.50. The van der Waals surface area contributed by atoms with Crippen LogP contribution in [0.15, 0.2) is 42.5 Å². The highest BCUT2D eigenvalue weighted by molar-refractivity contribution is 5.38. The van der Waals surface area contributed by atoms with Crippen LogP contribution in [0, 0.1) is 5.82 Å². The van der Waals surface area contributed by atoms with Crippen LogP contribution in [-0.4, -0.2) is 11.7 Å². The summed E-state index contributed by atoms with van der Waals surface area (Å²) in [6, 6.07) is 11.9. The lowest BCUT2D eigenvalue weighted by molar-refractivity contribution is 0.276. The van der Waals surface area contributed by atoms with Crippen LogP contribution in [0.25, 0.3) is 0 Å². The van der Waals surface area contributed by atoms with Gasteiger partial charge in [-0.1, -0.05) is 31.2 Å². The van der Waals surface area contributed by atoms with Crippen molar-refractivity contribution < 1.29 is 14.2 Å². The Balaban J connectivity index is 2.17. The molecule has 20 heavy (non-hydrogen) atoms. The zero-order chi connectivity index (χ0) is 14.4. The lowest BCUT2D eigenvalue weighted by Gasteiger charge is -2.11. The van der Waals surface area contributed by atoms with Gasteiger partial charge in [-0.05, 0) is 30.3 Å². The van der Waals surface area contributed by atoms with Crippen molar-refractivity contribution in [2.24, 2.45) is 0 Å². The lowest BCUT2D eigenvalue weighted by Crippen LogP contribution is -2.11. The van der Waals surface area contributed by atoms with Gasteiger partial charge in [0.05, 0.1) is 6.61 Å². The number of hydrogen-bond acceptors (Lipinski definition) is 3. The van der Waals surface area contributed by atoms with Crippen molar-refractivity contribution in [2.75, 3.05) is 6.54 Å². The van der Waals surface area contributed by atoms with E-state index in [4.69, 9.17) is 4.74 Å². The van der Waals surface area contributed by atoms with Gasteiger partial charge in [-0.2, -0.15) is 0 Å². The first-order chi connectivity index (χ1) is 9.74. The van der Waals surface area contributed by atoms with E-state index in [1.807, 2.05) is 13.0 Å². The van der Waals surface area contributed by atoms with E-state index in [0.29, 0.717) is 17.9 Å². The van der Waals surface area contributed by atoms with Gasteiger partial charge in [0.1, 0.15) is 5.75 Å². The average molecular weight is 275 g/mol. The molecule has 0 unspecified atom stereocenters. The zero-order valence-corrected chi connectivity index (χ0v) is 11.4. The third kappa shape index (κ3) is 3.56. The van der Waals surface area contributed by atoms with Crippen LogP contribution < -0.4 is 10.1 Å². The van der Waals surface area contributed by atoms with Crippen molar-refractivity contribution in [3.8, 4) is 11.5 Å². The Morgan fingerprint density at radius 3 is 2.65 bits per heavy atom. The van der Waals surface area contributed by atoms with Crippen molar-refractivity contribution >= 4 is 0 Å². The fourth-order valence-corrected chi connectivity index (χ4v) is 1.86. The number of rotatable bonds is 6. The molecule has 2 aromatic rings. The van der Waals surface area contributed by atoms with Gasteiger partial charge >= 0.3 is 0 Å². The lowest BCUT2D eigenvalue weighted by atomic mass is 10.2. The van der Waals surface area contributed by atoms with Crippen molar-refractivity contribution in [3.63, 3.8) is 0 Å². The molecule has 2 N–H and O–H groups in total. The summed E-state index contributed by atoms with van der Waals surface area (Å²) in [6.07, 6.45) is 0. The molecule has 0 saturated heterocycles. The van der Waals surface area contributed by atoms with E-state index in [9.17, 15) is 9.50 Å². The smallest absolute Gasteiger partial charge is 0.166 e. The minimum atomic E-state index is -0.409. The Morgan fingerprint density at radius 2 is 1.95 bits per heavy atom. The third-order valence-corrected chi connectivity index (χ3v) is 2.94. The number of aliphatic hydroxyl groups excluding tert-OH is 1. The SMILES string of the molecule is CCNCc1ccc(Oc2ccccc2CO)c(F)c1. The number of aliphatic hydroxyl groups is 1. The summed E-state index contributed by atoms with van der Waals surface area (Å²) < 4.78 is 19.5. The van der Waals surface area contributed by atoms with Crippen LogP contribution in [0.4, 0.5) is 4.39 Å². The summed E-state index contributed by atoms with van der Waals surface area (Å²) in [6.45, 7) is 3.32. The van der Waals surface area contributed by atoms with E-state index in [0.717, 1.165) is 12.1 Å². The normalized spacial score (nSPS) is 10.6. The Kier molecular flexibility index (Phi) is 5.09. The van der Waals surface area contributed by atoms with Gasteiger partial charge in [-0.25, -0.2) is 4.39 Å². The largest absolute Gasteiger partial charge is 0.454 e. The molecule has 2 rings (SSSR count). The Bertz CT molecular complexity index is 572. The van der Waals surface area contributed by atoms with E-state index in [2.05, 4.69) is 5.32 Å². The van der Waals surface area contributed by atoms with Crippen LogP contribution in [0.5, 0.6) is 11.5 Å². The van der Waals surface area contributed by atoms with Gasteiger partial charge in [-0.3, -0.25) is 0 Å². The molecule has 0 fully saturated rings. The summed E-state index contributed by atoms with van der Waals surface area (Å²) in [5.74, 6) is 0.215. The molecule has 0 aromatic heterocycles. The quantitative estimate of drug-likeness (QED) is 0.850. The first-order valence-electron chi connectivity index (χ1n) is 6.60. The monoisotopic (exact) mass is 275 g/mol. The highest BCUT2D eigenvalue weighted by Gasteiger charge is 2.08. The Hall–Kier alpha value is -1.91. The van der Waals surface area contributed by atoms with Gasteiger partial charge in [0, 0.05) is 12.1 Å². The van der Waals surface area contributed by atoms with Gasteiger partial charge in [0.2, 0.25) is 0 Å². The first kappa shape index (κ1) is 14.5. The van der Waals surface area contributed by atoms with Crippen molar-refractivity contribution in [1.29, 1.82) is 0 Å². The van der Waals surface area contributed by atoms with E-state index in [1.54, 1.807) is 30.3 Å². The summed E-state index contributed by atoms with van der Waals surface area (Å²) in [7, 11) is 0. The highest BCUT2D eigenvalue weighted by atomic mass is 19.1. The molecular weight excluding hydrogens is 257 g/mol. The molecule has 106 valence electrons. The molecule has 0 aliphatic heterocycles. The number of hydrogen-bond donors (Lipinski definition) is 2. The molecule has 0 spiro atoms. The van der Waals surface area contributed by atoms with Gasteiger partial charge in [-0.15, -0.1) is 0 Å². The number of para-hydroxylation sites is 1. The standard InChI is InChI=1S/C16H18FNO2/c1-2-18-10-12-7-8-16(14(17)9-12)20-15-6-4-3-5-13(15)11-19/h3-9,18-19H,2,10-11H2,1H3. The number of nitrogens with one attached hydrogen (secondary N) is 1. The minimum Gasteiger partial charge on any atom is -0.454 e. The molecule has 2 aromatic carbocycles. The number of halogens is 1. The van der Waals surface area contributed by atoms with Crippen LogP contribution in [0.3, 0.4) is 0 Å². The molecule has 0 atom stereocenters. The van der Waals surface area contributed by atoms with E-state index in [-0.39, 0.29) is 12.4 Å². The molecule has 0 aliphatic rings. The van der Waals surface area contributed by atoms with Gasteiger partial charge in [0.15, 0.2) is 11.6 Å². The predicted molar refractivity (Wildman–Crippen MR) is 76.2 cm³/mol. The molecule has 0 saturated carbocycles. The van der Waals surface area contributed by atoms with Crippen LogP contribution in [-0.2, 0) is 13.2 Å². The zero-order valence-electron chi connectivity index (χ0n) is 11.4. The predicted octanol–water partition coefficient (Wildman–Crippen LogP) is 3.22.